The van der Waals surface area contributed by atoms with Crippen LogP contribution in [0.2, 0.25) is 0 Å². The molecule has 0 fully saturated rings. The number of carboxylic acid groups (broad SMARTS) is 1. The van der Waals surface area contributed by atoms with Crippen LogP contribution in [-0.2, 0) is 17.6 Å². The van der Waals surface area contributed by atoms with Gasteiger partial charge >= 0.3 is 5.97 Å². The van der Waals surface area contributed by atoms with Gasteiger partial charge in [0.05, 0.1) is 0 Å². The monoisotopic (exact) mass is 192 g/mol. The van der Waals surface area contributed by atoms with Crippen molar-refractivity contribution < 1.29 is 9.90 Å². The van der Waals surface area contributed by atoms with Gasteiger partial charge in [-0.3, -0.25) is 4.79 Å². The molecule has 0 aliphatic rings. The van der Waals surface area contributed by atoms with Gasteiger partial charge in [-0.2, -0.15) is 0 Å². The van der Waals surface area contributed by atoms with Crippen molar-refractivity contribution in [1.29, 1.82) is 0 Å². The Labute approximate surface area is 84.6 Å². The van der Waals surface area contributed by atoms with Crippen LogP contribution >= 0.6 is 0 Å². The molecular weight excluding hydrogens is 176 g/mol. The molecule has 1 rings (SSSR count). The van der Waals surface area contributed by atoms with Crippen molar-refractivity contribution in [3.63, 3.8) is 0 Å². The van der Waals surface area contributed by atoms with Crippen LogP contribution < -0.4 is 0 Å². The molecular formula is C12H16O2. The number of aliphatic carboxylic acids is 1. The summed E-state index contributed by atoms with van der Waals surface area (Å²) in [6.45, 7) is 4.15. The lowest BCUT2D eigenvalue weighted by Crippen LogP contribution is -2.00. The first-order chi connectivity index (χ1) is 6.63. The zero-order chi connectivity index (χ0) is 10.6. The maximum absolute atomic E-state index is 10.4. The van der Waals surface area contributed by atoms with E-state index in [1.165, 1.54) is 16.7 Å². The molecule has 0 bridgehead atoms. The number of hydrogen-bond donors (Lipinski definition) is 1. The second kappa shape index (κ2) is 4.80. The molecule has 76 valence electrons. The third-order valence-electron chi connectivity index (χ3n) is 2.35. The summed E-state index contributed by atoms with van der Waals surface area (Å²) in [6.07, 6.45) is 1.82. The smallest absolute Gasteiger partial charge is 0.303 e. The molecule has 2 nitrogen and oxygen atoms in total. The fourth-order valence-corrected chi connectivity index (χ4v) is 1.57. The topological polar surface area (TPSA) is 37.3 Å². The predicted molar refractivity (Wildman–Crippen MR) is 56.5 cm³/mol. The number of carbonyl (C=O) groups is 1. The van der Waals surface area contributed by atoms with Crippen LogP contribution in [0.1, 0.15) is 30.0 Å². The molecule has 0 spiro atoms. The lowest BCUT2D eigenvalue weighted by atomic mass is 9.99. The largest absolute Gasteiger partial charge is 0.481 e. The molecule has 0 saturated heterocycles. The highest BCUT2D eigenvalue weighted by atomic mass is 16.4. The van der Waals surface area contributed by atoms with Crippen molar-refractivity contribution in [2.24, 2.45) is 0 Å². The number of rotatable bonds is 4. The van der Waals surface area contributed by atoms with Gasteiger partial charge in [0, 0.05) is 6.42 Å². The quantitative estimate of drug-likeness (QED) is 0.796. The molecule has 14 heavy (non-hydrogen) atoms. The molecule has 1 aromatic carbocycles. The summed E-state index contributed by atoms with van der Waals surface area (Å²) < 4.78 is 0. The van der Waals surface area contributed by atoms with Crippen LogP contribution in [-0.4, -0.2) is 11.1 Å². The Balaban J connectivity index is 2.80. The minimum atomic E-state index is -0.729. The fourth-order valence-electron chi connectivity index (χ4n) is 1.57. The van der Waals surface area contributed by atoms with Gasteiger partial charge in [-0.05, 0) is 30.9 Å². The minimum Gasteiger partial charge on any atom is -0.481 e. The van der Waals surface area contributed by atoms with Crippen LogP contribution in [0.3, 0.4) is 0 Å². The standard InChI is InChI=1S/C12H16O2/c1-3-10-8-9(2)4-5-11(10)6-7-12(13)14/h4-5,8H,3,6-7H2,1-2H3,(H,13,14). The Morgan fingerprint density at radius 1 is 1.36 bits per heavy atom. The zero-order valence-electron chi connectivity index (χ0n) is 8.71. The molecule has 1 N–H and O–H groups in total. The van der Waals surface area contributed by atoms with Crippen molar-refractivity contribution in [3.8, 4) is 0 Å². The van der Waals surface area contributed by atoms with Crippen LogP contribution in [0.4, 0.5) is 0 Å². The Morgan fingerprint density at radius 3 is 2.64 bits per heavy atom. The molecule has 2 heteroatoms. The van der Waals surface area contributed by atoms with E-state index < -0.39 is 5.97 Å². The van der Waals surface area contributed by atoms with E-state index in [0.717, 1.165) is 6.42 Å². The van der Waals surface area contributed by atoms with E-state index in [4.69, 9.17) is 5.11 Å². The predicted octanol–water partition coefficient (Wildman–Crippen LogP) is 2.57. The van der Waals surface area contributed by atoms with E-state index in [1.54, 1.807) is 0 Å². The fraction of sp³-hybridized carbons (Fsp3) is 0.417. The summed E-state index contributed by atoms with van der Waals surface area (Å²) in [6, 6.07) is 6.21. The van der Waals surface area contributed by atoms with Gasteiger partial charge in [-0.25, -0.2) is 0 Å². The Bertz CT molecular complexity index is 329. The first kappa shape index (κ1) is 10.8. The SMILES string of the molecule is CCc1cc(C)ccc1CCC(=O)O. The van der Waals surface area contributed by atoms with Crippen LogP contribution in [0, 0.1) is 6.92 Å². The van der Waals surface area contributed by atoms with Gasteiger partial charge in [0.15, 0.2) is 0 Å². The molecule has 0 aliphatic heterocycles. The van der Waals surface area contributed by atoms with Crippen LogP contribution in [0.25, 0.3) is 0 Å². The van der Waals surface area contributed by atoms with Crippen molar-refractivity contribution >= 4 is 5.97 Å². The number of carboxylic acids is 1. The maximum Gasteiger partial charge on any atom is 0.303 e. The van der Waals surface area contributed by atoms with Gasteiger partial charge in [0.1, 0.15) is 0 Å². The molecule has 0 radical (unpaired) electrons. The molecule has 0 heterocycles. The minimum absolute atomic E-state index is 0.218. The highest BCUT2D eigenvalue weighted by molar-refractivity contribution is 5.67. The zero-order valence-corrected chi connectivity index (χ0v) is 8.71. The highest BCUT2D eigenvalue weighted by Crippen LogP contribution is 2.14. The molecule has 1 aromatic rings. The Morgan fingerprint density at radius 2 is 2.07 bits per heavy atom. The van der Waals surface area contributed by atoms with E-state index >= 15 is 0 Å². The van der Waals surface area contributed by atoms with Crippen LogP contribution in [0.5, 0.6) is 0 Å². The second-order valence-electron chi connectivity index (χ2n) is 3.52. The summed E-state index contributed by atoms with van der Waals surface area (Å²) in [4.78, 5) is 10.4. The van der Waals surface area contributed by atoms with Crippen LogP contribution in [0.15, 0.2) is 18.2 Å². The average Bonchev–Trinajstić information content (AvgIpc) is 2.15. The normalized spacial score (nSPS) is 10.1. The van der Waals surface area contributed by atoms with Gasteiger partial charge in [-0.15, -0.1) is 0 Å². The molecule has 0 aromatic heterocycles. The van der Waals surface area contributed by atoms with Gasteiger partial charge in [0.2, 0.25) is 0 Å². The summed E-state index contributed by atoms with van der Waals surface area (Å²) in [5.74, 6) is -0.729. The van der Waals surface area contributed by atoms with E-state index in [9.17, 15) is 4.79 Å². The Hall–Kier alpha value is -1.31. The molecule has 0 aliphatic carbocycles. The average molecular weight is 192 g/mol. The second-order valence-corrected chi connectivity index (χ2v) is 3.52. The lowest BCUT2D eigenvalue weighted by Gasteiger charge is -2.07. The van der Waals surface area contributed by atoms with Crippen molar-refractivity contribution in [1.82, 2.24) is 0 Å². The summed E-state index contributed by atoms with van der Waals surface area (Å²) in [5, 5.41) is 8.59. The summed E-state index contributed by atoms with van der Waals surface area (Å²) >= 11 is 0. The molecule has 0 unspecified atom stereocenters. The molecule has 0 amide bonds. The number of hydrogen-bond acceptors (Lipinski definition) is 1. The third kappa shape index (κ3) is 2.87. The van der Waals surface area contributed by atoms with Crippen molar-refractivity contribution in [2.75, 3.05) is 0 Å². The first-order valence-electron chi connectivity index (χ1n) is 4.93. The maximum atomic E-state index is 10.4. The van der Waals surface area contributed by atoms with Gasteiger partial charge in [0.25, 0.3) is 0 Å². The summed E-state index contributed by atoms with van der Waals surface area (Å²) in [5.41, 5.74) is 3.67. The highest BCUT2D eigenvalue weighted by Gasteiger charge is 2.03. The first-order valence-corrected chi connectivity index (χ1v) is 4.93. The lowest BCUT2D eigenvalue weighted by molar-refractivity contribution is -0.136. The third-order valence-corrected chi connectivity index (χ3v) is 2.35. The summed E-state index contributed by atoms with van der Waals surface area (Å²) in [7, 11) is 0. The van der Waals surface area contributed by atoms with E-state index in [-0.39, 0.29) is 6.42 Å². The number of aryl methyl sites for hydroxylation is 3. The van der Waals surface area contributed by atoms with E-state index in [1.807, 2.05) is 12.1 Å². The Kier molecular flexibility index (Phi) is 3.69. The van der Waals surface area contributed by atoms with Crippen molar-refractivity contribution in [2.45, 2.75) is 33.1 Å². The molecule has 0 atom stereocenters. The molecule has 0 saturated carbocycles. The van der Waals surface area contributed by atoms with Crippen molar-refractivity contribution in [3.05, 3.63) is 34.9 Å². The number of benzene rings is 1. The van der Waals surface area contributed by atoms with Gasteiger partial charge in [-0.1, -0.05) is 30.7 Å². The van der Waals surface area contributed by atoms with Gasteiger partial charge < -0.3 is 5.11 Å². The van der Waals surface area contributed by atoms with E-state index in [2.05, 4.69) is 19.9 Å². The van der Waals surface area contributed by atoms with E-state index in [0.29, 0.717) is 6.42 Å².